The number of likely N-dealkylation sites (tertiary alicyclic amines) is 1. The lowest BCUT2D eigenvalue weighted by Gasteiger charge is -2.33. The van der Waals surface area contributed by atoms with Gasteiger partial charge in [0, 0.05) is 22.8 Å². The molecule has 2 atom stereocenters. The third-order valence-electron chi connectivity index (χ3n) is 2.96. The summed E-state index contributed by atoms with van der Waals surface area (Å²) < 4.78 is 1.23. The molecule has 1 fully saturated rings. The third-order valence-corrected chi connectivity index (χ3v) is 5.76. The Morgan fingerprint density at radius 2 is 2.33 bits per heavy atom. The molecule has 15 heavy (non-hydrogen) atoms. The molecule has 1 nitrogen and oxygen atoms in total. The van der Waals surface area contributed by atoms with Crippen LogP contribution in [-0.2, 0) is 6.54 Å². The second-order valence-electron chi connectivity index (χ2n) is 4.22. The zero-order chi connectivity index (χ0) is 10.8. The normalized spacial score (nSPS) is 28.2. The summed E-state index contributed by atoms with van der Waals surface area (Å²) in [6.07, 6.45) is 1.31. The molecule has 0 N–H and O–H groups in total. The predicted molar refractivity (Wildman–Crippen MR) is 73.8 cm³/mol. The first-order chi connectivity index (χ1) is 7.15. The van der Waals surface area contributed by atoms with Crippen LogP contribution >= 0.6 is 43.2 Å². The molecule has 0 aromatic carbocycles. The van der Waals surface area contributed by atoms with Gasteiger partial charge in [0.05, 0.1) is 3.79 Å². The van der Waals surface area contributed by atoms with Crippen LogP contribution in [0.4, 0.5) is 0 Å². The van der Waals surface area contributed by atoms with Crippen LogP contribution in [-0.4, -0.2) is 22.8 Å². The Hall–Kier alpha value is 0.620. The molecule has 0 radical (unpaired) electrons. The van der Waals surface area contributed by atoms with Gasteiger partial charge in [0.2, 0.25) is 0 Å². The van der Waals surface area contributed by atoms with Crippen LogP contribution in [0.1, 0.15) is 18.2 Å². The molecule has 0 spiro atoms. The topological polar surface area (TPSA) is 3.24 Å². The summed E-state index contributed by atoms with van der Waals surface area (Å²) >= 11 is 9.12. The van der Waals surface area contributed by atoms with Crippen molar-refractivity contribution in [2.75, 3.05) is 13.1 Å². The van der Waals surface area contributed by atoms with Crippen LogP contribution in [0.3, 0.4) is 0 Å². The lowest BCUT2D eigenvalue weighted by Crippen LogP contribution is -2.39. The van der Waals surface area contributed by atoms with Crippen LogP contribution in [0.25, 0.3) is 0 Å². The maximum atomic E-state index is 3.77. The quantitative estimate of drug-likeness (QED) is 0.724. The first kappa shape index (κ1) is 12.1. The lowest BCUT2D eigenvalue weighted by molar-refractivity contribution is 0.195. The number of alkyl halides is 1. The second kappa shape index (κ2) is 5.30. The molecule has 0 saturated carbocycles. The van der Waals surface area contributed by atoms with Gasteiger partial charge in [0.1, 0.15) is 0 Å². The van der Waals surface area contributed by atoms with E-state index in [0.29, 0.717) is 4.83 Å². The van der Waals surface area contributed by atoms with E-state index in [1.165, 1.54) is 28.2 Å². The number of hydrogen-bond donors (Lipinski definition) is 0. The van der Waals surface area contributed by atoms with Crippen molar-refractivity contribution in [1.82, 2.24) is 4.90 Å². The maximum absolute atomic E-state index is 3.77. The fraction of sp³-hybridized carbons (Fsp3) is 0.636. The van der Waals surface area contributed by atoms with Gasteiger partial charge in [0.25, 0.3) is 0 Å². The predicted octanol–water partition coefficient (Wildman–Crippen LogP) is 4.12. The number of rotatable bonds is 2. The first-order valence-corrected chi connectivity index (χ1v) is 7.78. The molecule has 1 aromatic heterocycles. The zero-order valence-electron chi connectivity index (χ0n) is 8.75. The molecule has 1 aliphatic heterocycles. The average Bonchev–Trinajstić information content (AvgIpc) is 2.58. The van der Waals surface area contributed by atoms with E-state index in [0.717, 1.165) is 12.5 Å². The monoisotopic (exact) mass is 351 g/mol. The Balaban J connectivity index is 1.90. The van der Waals surface area contributed by atoms with Crippen molar-refractivity contribution in [3.8, 4) is 0 Å². The second-order valence-corrected chi connectivity index (χ2v) is 7.95. The van der Waals surface area contributed by atoms with Crippen molar-refractivity contribution in [1.29, 1.82) is 0 Å². The SMILES string of the molecule is CC1CCN(Cc2ccc(Br)s2)CC1Br. The zero-order valence-corrected chi connectivity index (χ0v) is 12.7. The fourth-order valence-corrected chi connectivity index (χ4v) is 4.09. The molecular formula is C11H15Br2NS. The van der Waals surface area contributed by atoms with Gasteiger partial charge in [0.15, 0.2) is 0 Å². The van der Waals surface area contributed by atoms with E-state index in [2.05, 4.69) is 55.8 Å². The number of piperidine rings is 1. The Kier molecular flexibility index (Phi) is 4.27. The molecule has 2 unspecified atom stereocenters. The molecule has 1 aliphatic rings. The van der Waals surface area contributed by atoms with Gasteiger partial charge < -0.3 is 0 Å². The van der Waals surface area contributed by atoms with Crippen LogP contribution in [0.5, 0.6) is 0 Å². The van der Waals surface area contributed by atoms with Crippen molar-refractivity contribution >= 4 is 43.2 Å². The van der Waals surface area contributed by atoms with Gasteiger partial charge in [-0.2, -0.15) is 0 Å². The van der Waals surface area contributed by atoms with Crippen molar-refractivity contribution in [3.63, 3.8) is 0 Å². The Labute approximate surface area is 112 Å². The van der Waals surface area contributed by atoms with Crippen LogP contribution in [0.15, 0.2) is 15.9 Å². The fourth-order valence-electron chi connectivity index (χ4n) is 1.89. The Bertz CT molecular complexity index is 326. The summed E-state index contributed by atoms with van der Waals surface area (Å²) in [5.41, 5.74) is 0. The standard InChI is InChI=1S/C11H15Br2NS/c1-8-4-5-14(7-10(8)12)6-9-2-3-11(13)15-9/h2-3,8,10H,4-7H2,1H3. The average molecular weight is 353 g/mol. The highest BCUT2D eigenvalue weighted by Crippen LogP contribution is 2.27. The summed E-state index contributed by atoms with van der Waals surface area (Å²) in [5.74, 6) is 0.816. The molecule has 4 heteroatoms. The molecule has 0 bridgehead atoms. The maximum Gasteiger partial charge on any atom is 0.0701 e. The summed E-state index contributed by atoms with van der Waals surface area (Å²) in [6.45, 7) is 5.85. The number of thiophene rings is 1. The van der Waals surface area contributed by atoms with Crippen LogP contribution in [0.2, 0.25) is 0 Å². The first-order valence-electron chi connectivity index (χ1n) is 5.26. The van der Waals surface area contributed by atoms with E-state index in [1.54, 1.807) is 0 Å². The van der Waals surface area contributed by atoms with Gasteiger partial charge in [-0.15, -0.1) is 11.3 Å². The molecule has 1 aromatic rings. The summed E-state index contributed by atoms with van der Waals surface area (Å²) in [6, 6.07) is 4.36. The molecule has 0 amide bonds. The van der Waals surface area contributed by atoms with Crippen LogP contribution in [0, 0.1) is 5.92 Å². The number of nitrogens with zero attached hydrogens (tertiary/aromatic N) is 1. The van der Waals surface area contributed by atoms with Gasteiger partial charge in [-0.1, -0.05) is 22.9 Å². The van der Waals surface area contributed by atoms with E-state index in [-0.39, 0.29) is 0 Å². The molecule has 2 rings (SSSR count). The lowest BCUT2D eigenvalue weighted by atomic mass is 9.99. The number of hydrogen-bond acceptors (Lipinski definition) is 2. The highest BCUT2D eigenvalue weighted by molar-refractivity contribution is 9.11. The smallest absolute Gasteiger partial charge is 0.0701 e. The highest BCUT2D eigenvalue weighted by atomic mass is 79.9. The minimum absolute atomic E-state index is 0.662. The van der Waals surface area contributed by atoms with Gasteiger partial charge in [-0.3, -0.25) is 4.90 Å². The molecule has 1 saturated heterocycles. The van der Waals surface area contributed by atoms with Crippen molar-refractivity contribution in [2.45, 2.75) is 24.7 Å². The Morgan fingerprint density at radius 3 is 2.93 bits per heavy atom. The third kappa shape index (κ3) is 3.29. The van der Waals surface area contributed by atoms with E-state index in [1.807, 2.05) is 11.3 Å². The van der Waals surface area contributed by atoms with E-state index < -0.39 is 0 Å². The van der Waals surface area contributed by atoms with Crippen LogP contribution < -0.4 is 0 Å². The molecule has 0 aliphatic carbocycles. The largest absolute Gasteiger partial charge is 0.297 e. The summed E-state index contributed by atoms with van der Waals surface area (Å²) in [5, 5.41) is 0. The minimum Gasteiger partial charge on any atom is -0.297 e. The Morgan fingerprint density at radius 1 is 1.53 bits per heavy atom. The van der Waals surface area contributed by atoms with Gasteiger partial charge >= 0.3 is 0 Å². The van der Waals surface area contributed by atoms with E-state index in [4.69, 9.17) is 0 Å². The molecule has 2 heterocycles. The van der Waals surface area contributed by atoms with E-state index in [9.17, 15) is 0 Å². The summed E-state index contributed by atoms with van der Waals surface area (Å²) in [7, 11) is 0. The number of halogens is 2. The minimum atomic E-state index is 0.662. The molecular weight excluding hydrogens is 338 g/mol. The highest BCUT2D eigenvalue weighted by Gasteiger charge is 2.23. The van der Waals surface area contributed by atoms with Crippen molar-refractivity contribution in [2.24, 2.45) is 5.92 Å². The van der Waals surface area contributed by atoms with Crippen molar-refractivity contribution < 1.29 is 0 Å². The van der Waals surface area contributed by atoms with Gasteiger partial charge in [-0.25, -0.2) is 0 Å². The van der Waals surface area contributed by atoms with E-state index >= 15 is 0 Å². The van der Waals surface area contributed by atoms with Gasteiger partial charge in [-0.05, 0) is 46.9 Å². The molecule has 84 valence electrons. The summed E-state index contributed by atoms with van der Waals surface area (Å²) in [4.78, 5) is 4.66. The van der Waals surface area contributed by atoms with Crippen molar-refractivity contribution in [3.05, 3.63) is 20.8 Å².